The lowest BCUT2D eigenvalue weighted by Crippen LogP contribution is -2.46. The van der Waals surface area contributed by atoms with Crippen molar-refractivity contribution in [3.63, 3.8) is 0 Å². The first kappa shape index (κ1) is 38.2. The maximum absolute atomic E-state index is 12.3. The molecule has 11 heteroatoms. The van der Waals surface area contributed by atoms with Crippen molar-refractivity contribution in [1.29, 1.82) is 0 Å². The van der Waals surface area contributed by atoms with Crippen LogP contribution in [0.25, 0.3) is 0 Å². The van der Waals surface area contributed by atoms with Crippen molar-refractivity contribution in [3.05, 3.63) is 122 Å². The monoisotopic (exact) mass is 800 g/mol. The zero-order valence-electron chi connectivity index (χ0n) is 31.3. The third-order valence-corrected chi connectivity index (χ3v) is 13.5. The predicted molar refractivity (Wildman–Crippen MR) is 227 cm³/mol. The Kier molecular flexibility index (Phi) is 11.4. The summed E-state index contributed by atoms with van der Waals surface area (Å²) in [5.41, 5.74) is 9.72. The SMILES string of the molecule is Clc1ccc2c(c1)NCC21CCNCC1.Clc1ccc2c(c1)NCC21CCNCC1.O=C(OCc1ccccc1)N1CCC2(CC1)CNc1cc(Cl)ccc12. The number of hydrogen-bond acceptors (Lipinski definition) is 7. The standard InChI is InChI=1S/C20H21ClN2O2.2C12H15ClN2/c21-16-6-7-17-18(12-16)22-14-20(17)8-10-23(11-9-20)19(24)25-13-15-4-2-1-3-5-15;2*13-9-1-2-10-11(7-9)15-8-12(10)3-5-14-6-4-12/h1-7,12,22H,8-11,13-14H2;2*1-2,7,14-15H,3-6,8H2. The summed E-state index contributed by atoms with van der Waals surface area (Å²) >= 11 is 18.1. The molecule has 290 valence electrons. The number of rotatable bonds is 2. The summed E-state index contributed by atoms with van der Waals surface area (Å²) in [6.45, 7) is 9.34. The van der Waals surface area contributed by atoms with E-state index in [4.69, 9.17) is 39.5 Å². The number of benzene rings is 4. The number of anilines is 3. The number of hydrogen-bond donors (Lipinski definition) is 5. The van der Waals surface area contributed by atoms with Crippen LogP contribution in [-0.2, 0) is 27.6 Å². The molecule has 0 saturated carbocycles. The molecule has 8 nitrogen and oxygen atoms in total. The second-order valence-electron chi connectivity index (χ2n) is 16.0. The van der Waals surface area contributed by atoms with E-state index in [2.05, 4.69) is 44.8 Å². The first-order chi connectivity index (χ1) is 26.8. The van der Waals surface area contributed by atoms with Crippen LogP contribution in [0.15, 0.2) is 84.9 Å². The average Bonchev–Trinajstić information content (AvgIpc) is 3.86. The van der Waals surface area contributed by atoms with E-state index in [1.54, 1.807) is 0 Å². The van der Waals surface area contributed by atoms with Gasteiger partial charge in [-0.2, -0.15) is 0 Å². The highest BCUT2D eigenvalue weighted by atomic mass is 35.5. The van der Waals surface area contributed by atoms with Crippen LogP contribution in [0.4, 0.5) is 21.9 Å². The Morgan fingerprint density at radius 2 is 0.964 bits per heavy atom. The predicted octanol–water partition coefficient (Wildman–Crippen LogP) is 9.21. The van der Waals surface area contributed by atoms with E-state index in [0.29, 0.717) is 17.4 Å². The second kappa shape index (κ2) is 16.4. The Labute approximate surface area is 340 Å². The summed E-state index contributed by atoms with van der Waals surface area (Å²) in [6.07, 6.45) is 6.58. The highest BCUT2D eigenvalue weighted by molar-refractivity contribution is 6.31. The van der Waals surface area contributed by atoms with Crippen molar-refractivity contribution in [2.24, 2.45) is 0 Å². The fourth-order valence-corrected chi connectivity index (χ4v) is 10.0. The molecule has 6 aliphatic rings. The molecule has 4 aromatic carbocycles. The molecule has 55 heavy (non-hydrogen) atoms. The molecule has 1 amide bonds. The summed E-state index contributed by atoms with van der Waals surface area (Å²) < 4.78 is 5.46. The van der Waals surface area contributed by atoms with Gasteiger partial charge in [0.15, 0.2) is 0 Å². The molecule has 0 atom stereocenters. The Hall–Kier alpha value is -3.66. The molecule has 0 aliphatic carbocycles. The van der Waals surface area contributed by atoms with Crippen LogP contribution in [-0.4, -0.2) is 69.9 Å². The molecular formula is C44H51Cl3N6O2. The zero-order chi connectivity index (χ0) is 37.9. The van der Waals surface area contributed by atoms with E-state index >= 15 is 0 Å². The normalized spacial score (nSPS) is 20.4. The van der Waals surface area contributed by atoms with Crippen LogP contribution in [0.3, 0.4) is 0 Å². The molecule has 5 N–H and O–H groups in total. The van der Waals surface area contributed by atoms with Gasteiger partial charge in [0, 0.05) is 81.1 Å². The van der Waals surface area contributed by atoms with E-state index in [0.717, 1.165) is 98.1 Å². The van der Waals surface area contributed by atoms with Crippen LogP contribution in [0.2, 0.25) is 15.1 Å². The number of amides is 1. The molecule has 0 bridgehead atoms. The lowest BCUT2D eigenvalue weighted by atomic mass is 9.74. The van der Waals surface area contributed by atoms with Crippen molar-refractivity contribution in [3.8, 4) is 0 Å². The average molecular weight is 802 g/mol. The molecule has 0 unspecified atom stereocenters. The van der Waals surface area contributed by atoms with Gasteiger partial charge in [0.25, 0.3) is 0 Å². The van der Waals surface area contributed by atoms with Gasteiger partial charge in [0.1, 0.15) is 6.61 Å². The van der Waals surface area contributed by atoms with E-state index in [-0.39, 0.29) is 11.5 Å². The van der Waals surface area contributed by atoms with E-state index in [9.17, 15) is 4.79 Å². The number of halogens is 3. The number of carbonyl (C=O) groups is 1. The lowest BCUT2D eigenvalue weighted by Gasteiger charge is -2.38. The highest BCUT2D eigenvalue weighted by Gasteiger charge is 2.43. The fourth-order valence-electron chi connectivity index (χ4n) is 9.53. The Morgan fingerprint density at radius 1 is 0.564 bits per heavy atom. The van der Waals surface area contributed by atoms with Gasteiger partial charge < -0.3 is 36.2 Å². The Bertz CT molecular complexity index is 1900. The molecule has 4 aromatic rings. The minimum absolute atomic E-state index is 0.107. The molecular weight excluding hydrogens is 751 g/mol. The number of likely N-dealkylation sites (tertiary alicyclic amines) is 1. The highest BCUT2D eigenvalue weighted by Crippen LogP contribution is 2.46. The smallest absolute Gasteiger partial charge is 0.410 e. The third-order valence-electron chi connectivity index (χ3n) is 12.8. The zero-order valence-corrected chi connectivity index (χ0v) is 33.6. The molecule has 3 fully saturated rings. The van der Waals surface area contributed by atoms with E-state index in [1.165, 1.54) is 53.7 Å². The molecule has 6 heterocycles. The van der Waals surface area contributed by atoms with Crippen molar-refractivity contribution < 1.29 is 9.53 Å². The van der Waals surface area contributed by atoms with Crippen molar-refractivity contribution in [1.82, 2.24) is 15.5 Å². The molecule has 10 rings (SSSR count). The molecule has 3 saturated heterocycles. The summed E-state index contributed by atoms with van der Waals surface area (Å²) in [4.78, 5) is 14.2. The minimum Gasteiger partial charge on any atom is -0.445 e. The third kappa shape index (κ3) is 8.12. The first-order valence-electron chi connectivity index (χ1n) is 19.8. The van der Waals surface area contributed by atoms with E-state index < -0.39 is 0 Å². The van der Waals surface area contributed by atoms with Gasteiger partial charge in [-0.25, -0.2) is 4.79 Å². The van der Waals surface area contributed by atoms with Crippen LogP contribution in [0.5, 0.6) is 0 Å². The molecule has 6 aliphatic heterocycles. The summed E-state index contributed by atoms with van der Waals surface area (Å²) in [5, 5.41) is 19.7. The summed E-state index contributed by atoms with van der Waals surface area (Å²) in [5.74, 6) is 0. The van der Waals surface area contributed by atoms with Crippen LogP contribution in [0.1, 0.15) is 60.8 Å². The number of fused-ring (bicyclic) bond motifs is 6. The summed E-state index contributed by atoms with van der Waals surface area (Å²) in [7, 11) is 0. The Morgan fingerprint density at radius 3 is 1.38 bits per heavy atom. The maximum atomic E-state index is 12.3. The van der Waals surface area contributed by atoms with Crippen LogP contribution in [0, 0.1) is 0 Å². The Balaban J connectivity index is 0.000000123. The largest absolute Gasteiger partial charge is 0.445 e. The van der Waals surface area contributed by atoms with Crippen LogP contribution >= 0.6 is 34.8 Å². The van der Waals surface area contributed by atoms with Crippen molar-refractivity contribution in [2.75, 3.05) is 74.9 Å². The van der Waals surface area contributed by atoms with Gasteiger partial charge in [-0.1, -0.05) is 83.3 Å². The lowest BCUT2D eigenvalue weighted by molar-refractivity contribution is 0.0794. The van der Waals surface area contributed by atoms with Crippen molar-refractivity contribution >= 4 is 58.0 Å². The number of nitrogens with zero attached hydrogens (tertiary/aromatic N) is 1. The topological polar surface area (TPSA) is 89.7 Å². The van der Waals surface area contributed by atoms with E-state index in [1.807, 2.05) is 71.6 Å². The fraction of sp³-hybridized carbons (Fsp3) is 0.432. The maximum Gasteiger partial charge on any atom is 0.410 e. The second-order valence-corrected chi connectivity index (χ2v) is 17.3. The van der Waals surface area contributed by atoms with Gasteiger partial charge in [-0.05, 0) is 123 Å². The molecule has 0 aromatic heterocycles. The molecule has 3 spiro atoms. The molecule has 0 radical (unpaired) electrons. The minimum atomic E-state index is -0.221. The van der Waals surface area contributed by atoms with Gasteiger partial charge in [0.05, 0.1) is 0 Å². The van der Waals surface area contributed by atoms with Gasteiger partial charge in [-0.15, -0.1) is 0 Å². The van der Waals surface area contributed by atoms with Gasteiger partial charge >= 0.3 is 6.09 Å². The van der Waals surface area contributed by atoms with Crippen LogP contribution < -0.4 is 26.6 Å². The van der Waals surface area contributed by atoms with Crippen molar-refractivity contribution in [2.45, 2.75) is 61.4 Å². The number of nitrogens with one attached hydrogen (secondary N) is 5. The van der Waals surface area contributed by atoms with Gasteiger partial charge in [-0.3, -0.25) is 0 Å². The number of ether oxygens (including phenoxy) is 1. The first-order valence-corrected chi connectivity index (χ1v) is 20.9. The van der Waals surface area contributed by atoms with Gasteiger partial charge in [0.2, 0.25) is 0 Å². The number of carbonyl (C=O) groups excluding carboxylic acids is 1. The quantitative estimate of drug-likeness (QED) is 0.138. The number of piperidine rings is 3. The summed E-state index contributed by atoms with van der Waals surface area (Å²) in [6, 6.07) is 28.4.